The number of nitrogens with two attached hydrogens (primary N) is 1. The van der Waals surface area contributed by atoms with Gasteiger partial charge >= 0.3 is 0 Å². The van der Waals surface area contributed by atoms with E-state index in [2.05, 4.69) is 6.92 Å². The summed E-state index contributed by atoms with van der Waals surface area (Å²) in [5.74, 6) is 0.131. The van der Waals surface area contributed by atoms with E-state index in [9.17, 15) is 4.79 Å². The van der Waals surface area contributed by atoms with E-state index in [-0.39, 0.29) is 11.9 Å². The van der Waals surface area contributed by atoms with E-state index in [1.54, 1.807) is 0 Å². The van der Waals surface area contributed by atoms with Crippen LogP contribution in [-0.2, 0) is 4.79 Å². The molecular formula is C10H19N2O. The first-order valence-corrected chi connectivity index (χ1v) is 5.09. The van der Waals surface area contributed by atoms with Crippen molar-refractivity contribution in [2.24, 2.45) is 5.73 Å². The van der Waals surface area contributed by atoms with Crippen molar-refractivity contribution < 1.29 is 4.79 Å². The van der Waals surface area contributed by atoms with Crippen LogP contribution >= 0.6 is 0 Å². The predicted octanol–water partition coefficient (Wildman–Crippen LogP) is 0.940. The average Bonchev–Trinajstić information content (AvgIpc) is 2.65. The van der Waals surface area contributed by atoms with Gasteiger partial charge in [-0.1, -0.05) is 19.8 Å². The van der Waals surface area contributed by atoms with E-state index < -0.39 is 0 Å². The molecule has 1 aliphatic rings. The van der Waals surface area contributed by atoms with Gasteiger partial charge in [0.2, 0.25) is 5.91 Å². The van der Waals surface area contributed by atoms with E-state index >= 15 is 0 Å². The van der Waals surface area contributed by atoms with Gasteiger partial charge in [-0.05, 0) is 19.3 Å². The Labute approximate surface area is 80.3 Å². The maximum absolute atomic E-state index is 11.6. The Morgan fingerprint density at radius 3 is 2.62 bits per heavy atom. The van der Waals surface area contributed by atoms with E-state index in [1.165, 1.54) is 0 Å². The number of carbonyl (C=O) groups excluding carboxylic acids is 1. The second-order valence-electron chi connectivity index (χ2n) is 3.63. The smallest absolute Gasteiger partial charge is 0.239 e. The number of rotatable bonds is 4. The molecule has 1 fully saturated rings. The summed E-state index contributed by atoms with van der Waals surface area (Å²) in [5.41, 5.74) is 5.76. The van der Waals surface area contributed by atoms with Gasteiger partial charge in [-0.3, -0.25) is 4.79 Å². The van der Waals surface area contributed by atoms with Gasteiger partial charge in [-0.15, -0.1) is 0 Å². The maximum atomic E-state index is 11.6. The first kappa shape index (κ1) is 10.5. The van der Waals surface area contributed by atoms with Crippen LogP contribution in [0.4, 0.5) is 0 Å². The molecule has 0 aromatic rings. The molecule has 0 bridgehead atoms. The zero-order chi connectivity index (χ0) is 9.68. The summed E-state index contributed by atoms with van der Waals surface area (Å²) in [6, 6.07) is -0.292. The minimum Gasteiger partial charge on any atom is -0.341 e. The fourth-order valence-electron chi connectivity index (χ4n) is 1.66. The summed E-state index contributed by atoms with van der Waals surface area (Å²) >= 11 is 0. The second kappa shape index (κ2) is 5.22. The van der Waals surface area contributed by atoms with Crippen molar-refractivity contribution >= 4 is 5.91 Å². The zero-order valence-corrected chi connectivity index (χ0v) is 8.17. The first-order chi connectivity index (χ1) is 6.25. The molecule has 1 rings (SSSR count). The highest BCUT2D eigenvalue weighted by Crippen LogP contribution is 2.10. The van der Waals surface area contributed by atoms with Gasteiger partial charge in [0.1, 0.15) is 0 Å². The Morgan fingerprint density at radius 2 is 2.08 bits per heavy atom. The summed E-state index contributed by atoms with van der Waals surface area (Å²) < 4.78 is 0. The highest BCUT2D eigenvalue weighted by atomic mass is 16.2. The molecule has 3 nitrogen and oxygen atoms in total. The van der Waals surface area contributed by atoms with Gasteiger partial charge in [0, 0.05) is 13.1 Å². The SMILES string of the molecule is [CH2]CCC[C@H](N)C(=O)N1CCCC1. The fourth-order valence-corrected chi connectivity index (χ4v) is 1.66. The van der Waals surface area contributed by atoms with Crippen molar-refractivity contribution in [3.05, 3.63) is 6.92 Å². The third kappa shape index (κ3) is 2.99. The summed E-state index contributed by atoms with van der Waals surface area (Å²) in [5, 5.41) is 0. The molecule has 2 N–H and O–H groups in total. The van der Waals surface area contributed by atoms with Crippen molar-refractivity contribution in [2.75, 3.05) is 13.1 Å². The third-order valence-electron chi connectivity index (χ3n) is 2.50. The number of hydrogen-bond donors (Lipinski definition) is 1. The van der Waals surface area contributed by atoms with Crippen LogP contribution in [0.5, 0.6) is 0 Å². The Morgan fingerprint density at radius 1 is 1.46 bits per heavy atom. The molecule has 1 saturated heterocycles. The zero-order valence-electron chi connectivity index (χ0n) is 8.17. The maximum Gasteiger partial charge on any atom is 0.239 e. The molecule has 0 aromatic carbocycles. The highest BCUT2D eigenvalue weighted by molar-refractivity contribution is 5.81. The van der Waals surface area contributed by atoms with Gasteiger partial charge in [-0.2, -0.15) is 0 Å². The van der Waals surface area contributed by atoms with Crippen LogP contribution in [0, 0.1) is 6.92 Å². The summed E-state index contributed by atoms with van der Waals surface area (Å²) in [6.07, 6.45) is 4.85. The number of unbranched alkanes of at least 4 members (excludes halogenated alkanes) is 1. The summed E-state index contributed by atoms with van der Waals surface area (Å²) in [7, 11) is 0. The van der Waals surface area contributed by atoms with E-state index in [1.807, 2.05) is 4.90 Å². The number of hydrogen-bond acceptors (Lipinski definition) is 2. The molecule has 1 atom stereocenters. The van der Waals surface area contributed by atoms with Crippen molar-refractivity contribution in [3.63, 3.8) is 0 Å². The minimum absolute atomic E-state index is 0.131. The normalized spacial score (nSPS) is 19.1. The van der Waals surface area contributed by atoms with Crippen LogP contribution in [0.2, 0.25) is 0 Å². The van der Waals surface area contributed by atoms with E-state index in [4.69, 9.17) is 5.73 Å². The van der Waals surface area contributed by atoms with Crippen molar-refractivity contribution in [1.29, 1.82) is 0 Å². The molecule has 1 amide bonds. The molecular weight excluding hydrogens is 164 g/mol. The van der Waals surface area contributed by atoms with Gasteiger partial charge in [-0.25, -0.2) is 0 Å². The van der Waals surface area contributed by atoms with Crippen LogP contribution < -0.4 is 5.73 Å². The van der Waals surface area contributed by atoms with Crippen LogP contribution in [0.25, 0.3) is 0 Å². The Hall–Kier alpha value is -0.570. The Bertz CT molecular complexity index is 164. The van der Waals surface area contributed by atoms with E-state index in [0.29, 0.717) is 0 Å². The Balaban J connectivity index is 2.28. The van der Waals surface area contributed by atoms with E-state index in [0.717, 1.165) is 45.2 Å². The van der Waals surface area contributed by atoms with Crippen LogP contribution in [0.15, 0.2) is 0 Å². The molecule has 0 unspecified atom stereocenters. The predicted molar refractivity (Wildman–Crippen MR) is 53.0 cm³/mol. The van der Waals surface area contributed by atoms with Gasteiger partial charge in [0.25, 0.3) is 0 Å². The number of carbonyl (C=O) groups is 1. The van der Waals surface area contributed by atoms with Crippen molar-refractivity contribution in [2.45, 2.75) is 38.1 Å². The van der Waals surface area contributed by atoms with Gasteiger partial charge in [0.15, 0.2) is 0 Å². The summed E-state index contributed by atoms with van der Waals surface area (Å²) in [6.45, 7) is 5.53. The lowest BCUT2D eigenvalue weighted by Crippen LogP contribution is -2.42. The molecule has 75 valence electrons. The minimum atomic E-state index is -0.292. The molecule has 0 saturated carbocycles. The third-order valence-corrected chi connectivity index (χ3v) is 2.50. The lowest BCUT2D eigenvalue weighted by atomic mass is 10.1. The largest absolute Gasteiger partial charge is 0.341 e. The highest BCUT2D eigenvalue weighted by Gasteiger charge is 2.22. The first-order valence-electron chi connectivity index (χ1n) is 5.09. The number of likely N-dealkylation sites (tertiary alicyclic amines) is 1. The topological polar surface area (TPSA) is 46.3 Å². The molecule has 3 heteroatoms. The fraction of sp³-hybridized carbons (Fsp3) is 0.800. The quantitative estimate of drug-likeness (QED) is 0.705. The van der Waals surface area contributed by atoms with Gasteiger partial charge in [0.05, 0.1) is 6.04 Å². The number of nitrogens with zero attached hydrogens (tertiary/aromatic N) is 1. The number of amides is 1. The molecule has 0 aliphatic carbocycles. The van der Waals surface area contributed by atoms with Crippen LogP contribution in [0.1, 0.15) is 32.1 Å². The summed E-state index contributed by atoms with van der Waals surface area (Å²) in [4.78, 5) is 13.5. The van der Waals surface area contributed by atoms with Crippen LogP contribution in [-0.4, -0.2) is 29.9 Å². The van der Waals surface area contributed by atoms with Gasteiger partial charge < -0.3 is 10.6 Å². The Kier molecular flexibility index (Phi) is 4.22. The molecule has 1 aliphatic heterocycles. The molecule has 13 heavy (non-hydrogen) atoms. The molecule has 0 aromatic heterocycles. The second-order valence-corrected chi connectivity index (χ2v) is 3.63. The standard InChI is InChI=1S/C10H19N2O/c1-2-3-6-9(11)10(13)12-7-4-5-8-12/h9H,1-8,11H2/t9-/m0/s1. The van der Waals surface area contributed by atoms with Crippen LogP contribution in [0.3, 0.4) is 0 Å². The lowest BCUT2D eigenvalue weighted by Gasteiger charge is -2.19. The lowest BCUT2D eigenvalue weighted by molar-refractivity contribution is -0.131. The average molecular weight is 183 g/mol. The van der Waals surface area contributed by atoms with Crippen molar-refractivity contribution in [3.8, 4) is 0 Å². The monoisotopic (exact) mass is 183 g/mol. The molecule has 0 spiro atoms. The van der Waals surface area contributed by atoms with Crippen molar-refractivity contribution in [1.82, 2.24) is 4.90 Å². The molecule has 1 radical (unpaired) electrons. The molecule has 1 heterocycles.